The molecule has 0 radical (unpaired) electrons. The number of hydrogen-bond donors (Lipinski definition) is 0. The second kappa shape index (κ2) is 6.20. The predicted octanol–water partition coefficient (Wildman–Crippen LogP) is 2.81. The van der Waals surface area contributed by atoms with Crippen molar-refractivity contribution in [2.45, 2.75) is 39.4 Å². The van der Waals surface area contributed by atoms with Gasteiger partial charge in [-0.1, -0.05) is 35.5 Å². The Balaban J connectivity index is 1.66. The molecule has 0 aliphatic carbocycles. The van der Waals surface area contributed by atoms with Crippen molar-refractivity contribution in [3.05, 3.63) is 71.1 Å². The fraction of sp³-hybridized carbons (Fsp3) is 0.316. The van der Waals surface area contributed by atoms with Gasteiger partial charge in [0.25, 0.3) is 0 Å². The number of benzene rings is 1. The number of nitrogens with zero attached hydrogens (tertiary/aromatic N) is 4. The summed E-state index contributed by atoms with van der Waals surface area (Å²) in [5.74, 6) is 1.69. The van der Waals surface area contributed by atoms with Crippen LogP contribution in [0.4, 0.5) is 0 Å². The van der Waals surface area contributed by atoms with Crippen molar-refractivity contribution >= 4 is 5.91 Å². The van der Waals surface area contributed by atoms with Gasteiger partial charge < -0.3 is 14.0 Å². The summed E-state index contributed by atoms with van der Waals surface area (Å²) in [6.45, 7) is 4.94. The van der Waals surface area contributed by atoms with Crippen molar-refractivity contribution in [3.63, 3.8) is 0 Å². The first kappa shape index (κ1) is 15.6. The summed E-state index contributed by atoms with van der Waals surface area (Å²) < 4.78 is 7.32. The molecule has 3 aromatic rings. The molecule has 0 fully saturated rings. The molecule has 25 heavy (non-hydrogen) atoms. The Morgan fingerprint density at radius 3 is 2.80 bits per heavy atom. The van der Waals surface area contributed by atoms with E-state index in [4.69, 9.17) is 4.52 Å². The van der Waals surface area contributed by atoms with Crippen LogP contribution in [0.5, 0.6) is 0 Å². The van der Waals surface area contributed by atoms with E-state index in [1.165, 1.54) is 0 Å². The molecule has 128 valence electrons. The lowest BCUT2D eigenvalue weighted by molar-refractivity contribution is -0.135. The molecule has 1 aliphatic rings. The van der Waals surface area contributed by atoms with Crippen molar-refractivity contribution in [3.8, 4) is 0 Å². The Morgan fingerprint density at radius 1 is 1.28 bits per heavy atom. The van der Waals surface area contributed by atoms with Gasteiger partial charge >= 0.3 is 0 Å². The standard InChI is InChI=1S/C19H20N4O2/c1-13-16(14(2)25-21-13)10-19(24)23-12-18-20-8-9-22(18)11-17(23)15-6-4-3-5-7-15/h3-9,17H,10-12H2,1-2H3. The lowest BCUT2D eigenvalue weighted by Gasteiger charge is -2.36. The molecule has 0 N–H and O–H groups in total. The maximum atomic E-state index is 13.1. The van der Waals surface area contributed by atoms with E-state index in [1.807, 2.05) is 43.1 Å². The van der Waals surface area contributed by atoms with Crippen LogP contribution >= 0.6 is 0 Å². The first-order chi connectivity index (χ1) is 12.1. The smallest absolute Gasteiger partial charge is 0.228 e. The SMILES string of the molecule is Cc1noc(C)c1CC(=O)N1Cc2nccn2CC1c1ccccc1. The molecule has 0 saturated heterocycles. The van der Waals surface area contributed by atoms with E-state index in [0.717, 1.165) is 22.6 Å². The largest absolute Gasteiger partial charge is 0.361 e. The van der Waals surface area contributed by atoms with Crippen molar-refractivity contribution in [2.75, 3.05) is 0 Å². The number of imidazole rings is 1. The molecule has 4 rings (SSSR count). The molecule has 0 spiro atoms. The van der Waals surface area contributed by atoms with Gasteiger partial charge in [0.2, 0.25) is 5.91 Å². The van der Waals surface area contributed by atoms with Crippen molar-refractivity contribution < 1.29 is 9.32 Å². The fourth-order valence-electron chi connectivity index (χ4n) is 3.43. The molecule has 3 heterocycles. The molecule has 6 heteroatoms. The van der Waals surface area contributed by atoms with Crippen molar-refractivity contribution in [1.82, 2.24) is 19.6 Å². The first-order valence-corrected chi connectivity index (χ1v) is 8.39. The molecule has 1 unspecified atom stereocenters. The van der Waals surface area contributed by atoms with Gasteiger partial charge in [0.1, 0.15) is 11.6 Å². The topological polar surface area (TPSA) is 64.2 Å². The van der Waals surface area contributed by atoms with Gasteiger partial charge in [0, 0.05) is 24.5 Å². The number of aromatic nitrogens is 3. The maximum absolute atomic E-state index is 13.1. The van der Waals surface area contributed by atoms with Gasteiger partial charge in [-0.15, -0.1) is 0 Å². The van der Waals surface area contributed by atoms with Crippen LogP contribution in [0.3, 0.4) is 0 Å². The van der Waals surface area contributed by atoms with Gasteiger partial charge in [0.15, 0.2) is 0 Å². The predicted molar refractivity (Wildman–Crippen MR) is 91.6 cm³/mol. The minimum Gasteiger partial charge on any atom is -0.361 e. The Kier molecular flexibility index (Phi) is 3.87. The third-order valence-corrected chi connectivity index (χ3v) is 4.87. The summed E-state index contributed by atoms with van der Waals surface area (Å²) in [6, 6.07) is 10.2. The van der Waals surface area contributed by atoms with Crippen LogP contribution in [0.25, 0.3) is 0 Å². The van der Waals surface area contributed by atoms with E-state index < -0.39 is 0 Å². The average Bonchev–Trinajstić information content (AvgIpc) is 3.22. The summed E-state index contributed by atoms with van der Waals surface area (Å²) in [5, 5.41) is 3.96. The lowest BCUT2D eigenvalue weighted by Crippen LogP contribution is -2.41. The minimum atomic E-state index is -0.00382. The van der Waals surface area contributed by atoms with Crippen LogP contribution in [0, 0.1) is 13.8 Å². The molecule has 0 saturated carbocycles. The summed E-state index contributed by atoms with van der Waals surface area (Å²) in [6.07, 6.45) is 4.06. The van der Waals surface area contributed by atoms with E-state index in [1.54, 1.807) is 6.20 Å². The highest BCUT2D eigenvalue weighted by Crippen LogP contribution is 2.30. The van der Waals surface area contributed by atoms with Crippen LogP contribution < -0.4 is 0 Å². The van der Waals surface area contributed by atoms with Crippen LogP contribution in [-0.4, -0.2) is 25.5 Å². The molecule has 1 aromatic carbocycles. The number of rotatable bonds is 3. The number of amides is 1. The summed E-state index contributed by atoms with van der Waals surface area (Å²) in [7, 11) is 0. The van der Waals surface area contributed by atoms with Crippen LogP contribution in [0.2, 0.25) is 0 Å². The third-order valence-electron chi connectivity index (χ3n) is 4.87. The van der Waals surface area contributed by atoms with Gasteiger partial charge in [0.05, 0.1) is 24.7 Å². The molecule has 1 amide bonds. The summed E-state index contributed by atoms with van der Waals surface area (Å²) in [4.78, 5) is 19.4. The Labute approximate surface area is 146 Å². The number of aryl methyl sites for hydroxylation is 2. The lowest BCUT2D eigenvalue weighted by atomic mass is 10.0. The Morgan fingerprint density at radius 2 is 2.08 bits per heavy atom. The van der Waals surface area contributed by atoms with Crippen LogP contribution in [0.1, 0.15) is 34.4 Å². The molecular formula is C19H20N4O2. The van der Waals surface area contributed by atoms with Crippen molar-refractivity contribution in [1.29, 1.82) is 0 Å². The maximum Gasteiger partial charge on any atom is 0.228 e. The third kappa shape index (κ3) is 2.84. The first-order valence-electron chi connectivity index (χ1n) is 8.39. The average molecular weight is 336 g/mol. The van der Waals surface area contributed by atoms with Gasteiger partial charge in [-0.05, 0) is 19.4 Å². The quantitative estimate of drug-likeness (QED) is 0.738. The molecular weight excluding hydrogens is 316 g/mol. The molecule has 6 nitrogen and oxygen atoms in total. The summed E-state index contributed by atoms with van der Waals surface area (Å²) in [5.41, 5.74) is 2.79. The van der Waals surface area contributed by atoms with Crippen LogP contribution in [-0.2, 0) is 24.3 Å². The highest BCUT2D eigenvalue weighted by Gasteiger charge is 2.32. The second-order valence-electron chi connectivity index (χ2n) is 6.42. The zero-order valence-electron chi connectivity index (χ0n) is 14.3. The van der Waals surface area contributed by atoms with Crippen LogP contribution in [0.15, 0.2) is 47.2 Å². The minimum absolute atomic E-state index is 0.00382. The highest BCUT2D eigenvalue weighted by molar-refractivity contribution is 5.79. The van der Waals surface area contributed by atoms with Crippen molar-refractivity contribution in [2.24, 2.45) is 0 Å². The Bertz CT molecular complexity index is 878. The number of carbonyl (C=O) groups is 1. The zero-order valence-corrected chi connectivity index (χ0v) is 14.3. The molecule has 2 aromatic heterocycles. The van der Waals surface area contributed by atoms with Gasteiger partial charge in [-0.2, -0.15) is 0 Å². The fourth-order valence-corrected chi connectivity index (χ4v) is 3.43. The molecule has 1 atom stereocenters. The van der Waals surface area contributed by atoms with E-state index in [-0.39, 0.29) is 11.9 Å². The van der Waals surface area contributed by atoms with E-state index in [0.29, 0.717) is 25.3 Å². The summed E-state index contributed by atoms with van der Waals surface area (Å²) >= 11 is 0. The Hall–Kier alpha value is -2.89. The van der Waals surface area contributed by atoms with Gasteiger partial charge in [-0.25, -0.2) is 4.98 Å². The number of carbonyl (C=O) groups excluding carboxylic acids is 1. The second-order valence-corrected chi connectivity index (χ2v) is 6.42. The molecule has 0 bridgehead atoms. The number of fused-ring (bicyclic) bond motifs is 1. The van der Waals surface area contributed by atoms with Gasteiger partial charge in [-0.3, -0.25) is 4.79 Å². The normalized spacial score (nSPS) is 16.7. The monoisotopic (exact) mass is 336 g/mol. The van der Waals surface area contributed by atoms with E-state index in [2.05, 4.69) is 26.8 Å². The molecule has 1 aliphatic heterocycles. The number of hydrogen-bond acceptors (Lipinski definition) is 4. The van der Waals surface area contributed by atoms with E-state index in [9.17, 15) is 4.79 Å². The zero-order chi connectivity index (χ0) is 17.4. The highest BCUT2D eigenvalue weighted by atomic mass is 16.5. The van der Waals surface area contributed by atoms with E-state index >= 15 is 0 Å².